The van der Waals surface area contributed by atoms with Crippen molar-refractivity contribution in [2.75, 3.05) is 39.4 Å². The molecule has 5 rings (SSSR count). The first kappa shape index (κ1) is 31.9. The molecular weight excluding hydrogens is 634 g/mol. The number of piperazine rings is 1. The number of rotatable bonds is 6. The van der Waals surface area contributed by atoms with Crippen LogP contribution in [0, 0.1) is 0 Å². The van der Waals surface area contributed by atoms with Gasteiger partial charge in [0.2, 0.25) is 10.0 Å². The Kier molecular flexibility index (Phi) is 8.28. The van der Waals surface area contributed by atoms with Gasteiger partial charge in [0, 0.05) is 75.3 Å². The van der Waals surface area contributed by atoms with Crippen molar-refractivity contribution in [1.29, 1.82) is 0 Å². The number of hydrogen-bond acceptors (Lipinski definition) is 10. The summed E-state index contributed by atoms with van der Waals surface area (Å²) in [4.78, 5) is 25.5. The van der Waals surface area contributed by atoms with E-state index in [2.05, 4.69) is 20.3 Å². The molecule has 11 nitrogen and oxygen atoms in total. The first-order valence-corrected chi connectivity index (χ1v) is 14.7. The summed E-state index contributed by atoms with van der Waals surface area (Å²) in [6.45, 7) is -0.140. The number of Topliss-reactive ketones (excluding diaryl/α,β-unsaturated/α-hetero) is 1. The highest BCUT2D eigenvalue weighted by Crippen LogP contribution is 2.49. The van der Waals surface area contributed by atoms with Gasteiger partial charge >= 0.3 is 12.4 Å². The van der Waals surface area contributed by atoms with Gasteiger partial charge < -0.3 is 15.2 Å². The van der Waals surface area contributed by atoms with E-state index in [-0.39, 0.29) is 86.3 Å². The quantitative estimate of drug-likeness (QED) is 0.349. The van der Waals surface area contributed by atoms with Crippen molar-refractivity contribution in [3.05, 3.63) is 47.3 Å². The van der Waals surface area contributed by atoms with Crippen molar-refractivity contribution in [3.8, 4) is 0 Å². The molecule has 0 radical (unpaired) electrons. The molecule has 19 heteroatoms. The molecule has 3 aliphatic heterocycles. The van der Waals surface area contributed by atoms with E-state index in [1.807, 2.05) is 4.90 Å². The number of alkyl halides is 6. The number of morpholine rings is 1. The van der Waals surface area contributed by atoms with E-state index in [4.69, 9.17) is 16.3 Å². The number of nitrogens with zero attached hydrogens (tertiary/aromatic N) is 5. The second kappa shape index (κ2) is 11.1. The molecule has 0 aromatic carbocycles. The number of piperidine rings is 1. The molecule has 0 saturated carbocycles. The van der Waals surface area contributed by atoms with E-state index in [1.165, 1.54) is 12.1 Å². The lowest BCUT2D eigenvalue weighted by molar-refractivity contribution is -0.376. The second-order valence-corrected chi connectivity index (χ2v) is 13.0. The topological polar surface area (TPSA) is 138 Å². The highest BCUT2D eigenvalue weighted by atomic mass is 35.5. The number of aliphatic hydroxyl groups is 1. The lowest BCUT2D eigenvalue weighted by Gasteiger charge is -2.51. The van der Waals surface area contributed by atoms with Crippen LogP contribution in [-0.4, -0.2) is 107 Å². The molecule has 3 aliphatic rings. The van der Waals surface area contributed by atoms with Gasteiger partial charge in [-0.1, -0.05) is 11.6 Å². The molecule has 2 aromatic rings. The minimum Gasteiger partial charge on any atom is -0.378 e. The number of sulfonamides is 1. The summed E-state index contributed by atoms with van der Waals surface area (Å²) in [7, 11) is -4.21. The highest BCUT2D eigenvalue weighted by molar-refractivity contribution is 7.89. The molecule has 0 amide bonds. The third-order valence-electron chi connectivity index (χ3n) is 7.86. The third kappa shape index (κ3) is 5.73. The smallest absolute Gasteiger partial charge is 0.378 e. The number of nitrogens with one attached hydrogen (secondary N) is 1. The predicted molar refractivity (Wildman–Crippen MR) is 135 cm³/mol. The zero-order valence-electron chi connectivity index (χ0n) is 22.1. The third-order valence-corrected chi connectivity index (χ3v) is 9.92. The van der Waals surface area contributed by atoms with Gasteiger partial charge in [0.25, 0.3) is 5.60 Å². The number of carbonyl (C=O) groups is 1. The van der Waals surface area contributed by atoms with Crippen LogP contribution in [0.4, 0.5) is 26.3 Å². The molecule has 0 aliphatic carbocycles. The number of ketones is 1. The van der Waals surface area contributed by atoms with Crippen LogP contribution in [-0.2, 0) is 30.7 Å². The largest absolute Gasteiger partial charge is 0.430 e. The molecule has 0 spiro atoms. The maximum Gasteiger partial charge on any atom is 0.430 e. The molecule has 3 saturated heterocycles. The average Bonchev–Trinajstić information content (AvgIpc) is 2.92. The molecule has 43 heavy (non-hydrogen) atoms. The molecule has 2 aromatic heterocycles. The van der Waals surface area contributed by atoms with Gasteiger partial charge in [0.15, 0.2) is 5.82 Å². The summed E-state index contributed by atoms with van der Waals surface area (Å²) >= 11 is 5.79. The summed E-state index contributed by atoms with van der Waals surface area (Å²) in [5.74, 6) is -0.313. The van der Waals surface area contributed by atoms with Crippen molar-refractivity contribution < 1.29 is 49.4 Å². The molecule has 3 fully saturated rings. The maximum atomic E-state index is 13.6. The molecule has 5 heterocycles. The Labute approximate surface area is 246 Å². The first-order valence-electron chi connectivity index (χ1n) is 12.9. The Bertz CT molecular complexity index is 1430. The van der Waals surface area contributed by atoms with E-state index in [0.29, 0.717) is 0 Å². The monoisotopic (exact) mass is 658 g/mol. The Balaban J connectivity index is 1.56. The summed E-state index contributed by atoms with van der Waals surface area (Å²) in [5.41, 5.74) is -8.47. The molecule has 3 atom stereocenters. The molecule has 2 unspecified atom stereocenters. The Morgan fingerprint density at radius 2 is 1.63 bits per heavy atom. The van der Waals surface area contributed by atoms with Crippen LogP contribution in [0.15, 0.2) is 35.6 Å². The molecule has 2 bridgehead atoms. The van der Waals surface area contributed by atoms with Crippen molar-refractivity contribution in [2.45, 2.75) is 53.3 Å². The zero-order valence-corrected chi connectivity index (χ0v) is 23.6. The van der Waals surface area contributed by atoms with Gasteiger partial charge in [-0.25, -0.2) is 23.4 Å². The number of carbonyl (C=O) groups excluding carboxylic acids is 1. The van der Waals surface area contributed by atoms with E-state index < -0.39 is 51.2 Å². The number of fused-ring (bicyclic) bond motifs is 2. The van der Waals surface area contributed by atoms with E-state index >= 15 is 0 Å². The van der Waals surface area contributed by atoms with E-state index in [9.17, 15) is 44.7 Å². The van der Waals surface area contributed by atoms with Gasteiger partial charge in [0.05, 0.1) is 13.2 Å². The minimum absolute atomic E-state index is 0.000989. The fourth-order valence-corrected chi connectivity index (χ4v) is 7.22. The number of aromatic nitrogens is 3. The SMILES string of the molecule is O=C1CC2COCC(C1)N2C[C@@]1(c2ncc(C(O)(C(F)(F)F)C(F)(F)F)cn2)CN(S(=O)(=O)c2ccc(Cl)nc2)CCN1. The van der Waals surface area contributed by atoms with Crippen molar-refractivity contribution in [2.24, 2.45) is 0 Å². The standard InChI is InChI=1S/C24H25ClF6N6O5S/c25-19-2-1-18(9-32-19)43(40,41)36-4-3-35-21(12-36,13-37-15-5-17(38)6-16(37)11-42-10-15)20-33-7-14(8-34-20)22(39,23(26,27)28)24(29,30)31/h1-2,7-9,15-16,35,39H,3-6,10-13H2/t15?,16?,21-/m1/s1. The van der Waals surface area contributed by atoms with Gasteiger partial charge in [-0.3, -0.25) is 9.69 Å². The fraction of sp³-hybridized carbons (Fsp3) is 0.583. The Morgan fingerprint density at radius 1 is 1.02 bits per heavy atom. The summed E-state index contributed by atoms with van der Waals surface area (Å²) in [6.07, 6.45) is -10.5. The predicted octanol–water partition coefficient (Wildman–Crippen LogP) is 1.76. The average molecular weight is 659 g/mol. The molecule has 2 N–H and O–H groups in total. The summed E-state index contributed by atoms with van der Waals surface area (Å²) in [6, 6.07) is 1.70. The highest BCUT2D eigenvalue weighted by Gasteiger charge is 2.72. The van der Waals surface area contributed by atoms with Gasteiger partial charge in [-0.2, -0.15) is 30.6 Å². The lowest BCUT2D eigenvalue weighted by Crippen LogP contribution is -2.68. The summed E-state index contributed by atoms with van der Waals surface area (Å²) in [5, 5.41) is 13.0. The van der Waals surface area contributed by atoms with Crippen molar-refractivity contribution in [1.82, 2.24) is 29.5 Å². The zero-order chi connectivity index (χ0) is 31.4. The van der Waals surface area contributed by atoms with Crippen LogP contribution in [0.2, 0.25) is 5.15 Å². The van der Waals surface area contributed by atoms with Crippen LogP contribution < -0.4 is 5.32 Å². The van der Waals surface area contributed by atoms with Crippen LogP contribution in [0.25, 0.3) is 0 Å². The maximum absolute atomic E-state index is 13.6. The van der Waals surface area contributed by atoms with Crippen LogP contribution >= 0.6 is 11.6 Å². The second-order valence-electron chi connectivity index (χ2n) is 10.6. The lowest BCUT2D eigenvalue weighted by atomic mass is 9.88. The number of pyridine rings is 1. The number of hydrogen-bond donors (Lipinski definition) is 2. The Hall–Kier alpha value is -2.48. The van der Waals surface area contributed by atoms with E-state index in [1.54, 1.807) is 0 Å². The van der Waals surface area contributed by atoms with Gasteiger partial charge in [-0.15, -0.1) is 0 Å². The van der Waals surface area contributed by atoms with Crippen molar-refractivity contribution >= 4 is 27.4 Å². The Morgan fingerprint density at radius 3 is 2.16 bits per heavy atom. The number of ether oxygens (including phenoxy) is 1. The fourth-order valence-electron chi connectivity index (χ4n) is 5.66. The van der Waals surface area contributed by atoms with E-state index in [0.717, 1.165) is 10.5 Å². The summed E-state index contributed by atoms with van der Waals surface area (Å²) < 4.78 is 115. The number of halogens is 7. The van der Waals surface area contributed by atoms with Crippen molar-refractivity contribution in [3.63, 3.8) is 0 Å². The molecular formula is C24H25ClF6N6O5S. The van der Waals surface area contributed by atoms with Gasteiger partial charge in [0.1, 0.15) is 21.4 Å². The first-order chi connectivity index (χ1) is 20.0. The van der Waals surface area contributed by atoms with Gasteiger partial charge in [-0.05, 0) is 12.1 Å². The van der Waals surface area contributed by atoms with Crippen LogP contribution in [0.5, 0.6) is 0 Å². The normalized spacial score (nSPS) is 26.5. The van der Waals surface area contributed by atoms with Crippen LogP contribution in [0.1, 0.15) is 24.2 Å². The van der Waals surface area contributed by atoms with Crippen LogP contribution in [0.3, 0.4) is 0 Å². The minimum atomic E-state index is -6.15. The molecule has 236 valence electrons.